The lowest BCUT2D eigenvalue weighted by atomic mass is 10.1. The molecule has 0 bridgehead atoms. The molecule has 0 atom stereocenters. The number of hydrogen-bond donors (Lipinski definition) is 2. The molecule has 5 nitrogen and oxygen atoms in total. The lowest BCUT2D eigenvalue weighted by Crippen LogP contribution is -2.19. The zero-order valence-electron chi connectivity index (χ0n) is 12.2. The number of aromatic hydroxyl groups is 1. The summed E-state index contributed by atoms with van der Waals surface area (Å²) in [4.78, 5) is 11.8. The van der Waals surface area contributed by atoms with Gasteiger partial charge in [-0.1, -0.05) is 35.3 Å². The molecule has 0 saturated carbocycles. The molecular weight excluding hydrogens is 339 g/mol. The number of rotatable bonds is 5. The number of nitrogens with zero attached hydrogens (tertiary/aromatic N) is 1. The van der Waals surface area contributed by atoms with E-state index >= 15 is 0 Å². The number of hydrogen-bond acceptors (Lipinski definition) is 4. The maximum Gasteiger partial charge on any atom is 0.244 e. The molecule has 2 rings (SSSR count). The summed E-state index contributed by atoms with van der Waals surface area (Å²) in [7, 11) is 1.58. The number of carbonyl (C=O) groups excluding carboxylic acids is 1. The molecule has 1 amide bonds. The number of hydrazone groups is 1. The number of phenolic OH excluding ortho intramolecular Hbond substituents is 1. The molecule has 0 aliphatic rings. The molecule has 0 aliphatic heterocycles. The maximum absolute atomic E-state index is 11.8. The van der Waals surface area contributed by atoms with Crippen LogP contribution in [0.4, 0.5) is 0 Å². The van der Waals surface area contributed by atoms with Gasteiger partial charge in [0.25, 0.3) is 0 Å². The predicted octanol–water partition coefficient (Wildman–Crippen LogP) is 3.40. The van der Waals surface area contributed by atoms with E-state index in [2.05, 4.69) is 10.5 Å². The fraction of sp³-hybridized carbons (Fsp3) is 0.125. The fourth-order valence-electron chi connectivity index (χ4n) is 1.83. The Hall–Kier alpha value is -2.24. The number of phenols is 1. The Morgan fingerprint density at radius 2 is 2.00 bits per heavy atom. The quantitative estimate of drug-likeness (QED) is 0.639. The Morgan fingerprint density at radius 1 is 1.30 bits per heavy atom. The van der Waals surface area contributed by atoms with Crippen LogP contribution < -0.4 is 10.2 Å². The molecule has 2 N–H and O–H groups in total. The van der Waals surface area contributed by atoms with Crippen molar-refractivity contribution in [2.24, 2.45) is 5.10 Å². The second-order valence-electron chi connectivity index (χ2n) is 4.64. The van der Waals surface area contributed by atoms with Gasteiger partial charge in [-0.15, -0.1) is 0 Å². The topological polar surface area (TPSA) is 70.9 Å². The molecule has 0 spiro atoms. The van der Waals surface area contributed by atoms with Crippen LogP contribution in [0.2, 0.25) is 10.0 Å². The molecule has 0 aromatic heterocycles. The van der Waals surface area contributed by atoms with Crippen LogP contribution in [0.3, 0.4) is 0 Å². The van der Waals surface area contributed by atoms with Gasteiger partial charge in [0, 0.05) is 10.6 Å². The summed E-state index contributed by atoms with van der Waals surface area (Å²) in [5.74, 6) is 0.281. The summed E-state index contributed by atoms with van der Waals surface area (Å²) < 4.78 is 5.05. The standard InChI is InChI=1S/C16H14Cl2N2O3/c1-23-13-4-2-10(3-5-13)6-15(21)20-19-9-11-7-12(17)8-14(18)16(11)22/h2-5,7-9,22H,6H2,1H3,(H,20,21)/b19-9-. The number of halogens is 2. The van der Waals surface area contributed by atoms with E-state index in [0.29, 0.717) is 10.6 Å². The fourth-order valence-corrected chi connectivity index (χ4v) is 2.34. The van der Waals surface area contributed by atoms with Crippen molar-refractivity contribution in [2.45, 2.75) is 6.42 Å². The number of carbonyl (C=O) groups is 1. The normalized spacial score (nSPS) is 10.7. The second-order valence-corrected chi connectivity index (χ2v) is 5.49. The molecule has 0 radical (unpaired) electrons. The van der Waals surface area contributed by atoms with Crippen LogP contribution in [0.1, 0.15) is 11.1 Å². The average molecular weight is 353 g/mol. The van der Waals surface area contributed by atoms with Crippen molar-refractivity contribution in [3.05, 3.63) is 57.6 Å². The van der Waals surface area contributed by atoms with Crippen molar-refractivity contribution in [2.75, 3.05) is 7.11 Å². The summed E-state index contributed by atoms with van der Waals surface area (Å²) in [5, 5.41) is 14.0. The first-order valence-corrected chi connectivity index (χ1v) is 7.38. The number of methoxy groups -OCH3 is 1. The third-order valence-corrected chi connectivity index (χ3v) is 3.48. The molecule has 2 aromatic carbocycles. The van der Waals surface area contributed by atoms with E-state index in [4.69, 9.17) is 27.9 Å². The van der Waals surface area contributed by atoms with E-state index in [-0.39, 0.29) is 23.1 Å². The van der Waals surface area contributed by atoms with Gasteiger partial charge in [0.05, 0.1) is 24.8 Å². The number of ether oxygens (including phenoxy) is 1. The van der Waals surface area contributed by atoms with Gasteiger partial charge in [0.1, 0.15) is 11.5 Å². The summed E-state index contributed by atoms with van der Waals surface area (Å²) in [5.41, 5.74) is 3.51. The third-order valence-electron chi connectivity index (χ3n) is 2.97. The molecule has 7 heteroatoms. The van der Waals surface area contributed by atoms with Gasteiger partial charge in [0.2, 0.25) is 5.91 Å². The van der Waals surface area contributed by atoms with Gasteiger partial charge in [-0.3, -0.25) is 4.79 Å². The first-order valence-electron chi connectivity index (χ1n) is 6.62. The first kappa shape index (κ1) is 17.1. The molecule has 0 heterocycles. The van der Waals surface area contributed by atoms with E-state index < -0.39 is 0 Å². The second kappa shape index (κ2) is 7.85. The van der Waals surface area contributed by atoms with E-state index in [1.165, 1.54) is 18.3 Å². The highest BCUT2D eigenvalue weighted by Crippen LogP contribution is 2.29. The minimum absolute atomic E-state index is 0.114. The number of nitrogens with one attached hydrogen (secondary N) is 1. The highest BCUT2D eigenvalue weighted by molar-refractivity contribution is 6.36. The van der Waals surface area contributed by atoms with Crippen LogP contribution in [-0.4, -0.2) is 24.3 Å². The Labute approximate surface area is 143 Å². The Balaban J connectivity index is 1.96. The van der Waals surface area contributed by atoms with E-state index in [1.54, 1.807) is 31.4 Å². The molecule has 2 aromatic rings. The molecule has 23 heavy (non-hydrogen) atoms. The van der Waals surface area contributed by atoms with Crippen LogP contribution in [0.5, 0.6) is 11.5 Å². The maximum atomic E-state index is 11.8. The van der Waals surface area contributed by atoms with Crippen molar-refractivity contribution in [3.8, 4) is 11.5 Å². The predicted molar refractivity (Wildman–Crippen MR) is 90.6 cm³/mol. The molecule has 120 valence electrons. The van der Waals surface area contributed by atoms with E-state index in [9.17, 15) is 9.90 Å². The van der Waals surface area contributed by atoms with Gasteiger partial charge >= 0.3 is 0 Å². The van der Waals surface area contributed by atoms with Crippen molar-refractivity contribution < 1.29 is 14.6 Å². The molecule has 0 unspecified atom stereocenters. The van der Waals surface area contributed by atoms with E-state index in [0.717, 1.165) is 11.3 Å². The first-order chi connectivity index (χ1) is 11.0. The monoisotopic (exact) mass is 352 g/mol. The lowest BCUT2D eigenvalue weighted by molar-refractivity contribution is -0.120. The third kappa shape index (κ3) is 4.87. The lowest BCUT2D eigenvalue weighted by Gasteiger charge is -2.04. The molecule has 0 saturated heterocycles. The Morgan fingerprint density at radius 3 is 2.65 bits per heavy atom. The van der Waals surface area contributed by atoms with Crippen molar-refractivity contribution in [1.29, 1.82) is 0 Å². The van der Waals surface area contributed by atoms with Gasteiger partial charge < -0.3 is 9.84 Å². The van der Waals surface area contributed by atoms with Crippen LogP contribution in [0, 0.1) is 0 Å². The summed E-state index contributed by atoms with van der Waals surface area (Å²) >= 11 is 11.6. The van der Waals surface area contributed by atoms with Crippen LogP contribution in [-0.2, 0) is 11.2 Å². The Kier molecular flexibility index (Phi) is 5.84. The van der Waals surface area contributed by atoms with Crippen LogP contribution in [0.15, 0.2) is 41.5 Å². The van der Waals surface area contributed by atoms with Crippen LogP contribution >= 0.6 is 23.2 Å². The van der Waals surface area contributed by atoms with Crippen molar-refractivity contribution in [1.82, 2.24) is 5.43 Å². The zero-order valence-corrected chi connectivity index (χ0v) is 13.7. The van der Waals surface area contributed by atoms with Crippen molar-refractivity contribution >= 4 is 35.3 Å². The SMILES string of the molecule is COc1ccc(CC(=O)N/N=C\c2cc(Cl)cc(Cl)c2O)cc1. The van der Waals surface area contributed by atoms with Crippen molar-refractivity contribution in [3.63, 3.8) is 0 Å². The van der Waals surface area contributed by atoms with Gasteiger partial charge in [0.15, 0.2) is 0 Å². The minimum Gasteiger partial charge on any atom is -0.506 e. The Bertz CT molecular complexity index is 731. The van der Waals surface area contributed by atoms with Crippen LogP contribution in [0.25, 0.3) is 0 Å². The smallest absolute Gasteiger partial charge is 0.244 e. The number of amides is 1. The summed E-state index contributed by atoms with van der Waals surface area (Å²) in [6.45, 7) is 0. The zero-order chi connectivity index (χ0) is 16.8. The largest absolute Gasteiger partial charge is 0.506 e. The highest BCUT2D eigenvalue weighted by atomic mass is 35.5. The minimum atomic E-state index is -0.293. The summed E-state index contributed by atoms with van der Waals surface area (Å²) in [6.07, 6.45) is 1.45. The number of benzene rings is 2. The average Bonchev–Trinajstić information content (AvgIpc) is 2.52. The van der Waals surface area contributed by atoms with Gasteiger partial charge in [-0.25, -0.2) is 5.43 Å². The highest BCUT2D eigenvalue weighted by Gasteiger charge is 2.06. The molecular formula is C16H14Cl2N2O3. The molecule has 0 fully saturated rings. The van der Waals surface area contributed by atoms with Gasteiger partial charge in [-0.2, -0.15) is 5.10 Å². The van der Waals surface area contributed by atoms with E-state index in [1.807, 2.05) is 0 Å². The van der Waals surface area contributed by atoms with Gasteiger partial charge in [-0.05, 0) is 29.8 Å². The summed E-state index contributed by atoms with van der Waals surface area (Å²) in [6, 6.07) is 10.0. The molecule has 0 aliphatic carbocycles.